The number of rotatable bonds is 2. The second-order valence-corrected chi connectivity index (χ2v) is 7.96. The minimum atomic E-state index is 0.762. The Hall–Kier alpha value is -2.38. The van der Waals surface area contributed by atoms with E-state index in [9.17, 15) is 0 Å². The predicted molar refractivity (Wildman–Crippen MR) is 113 cm³/mol. The highest BCUT2D eigenvalue weighted by molar-refractivity contribution is 5.84. The summed E-state index contributed by atoms with van der Waals surface area (Å²) in [6.45, 7) is 2.15. The Morgan fingerprint density at radius 1 is 0.692 bits per heavy atom. The lowest BCUT2D eigenvalue weighted by molar-refractivity contribution is 0.555. The third kappa shape index (κ3) is 2.97. The Morgan fingerprint density at radius 2 is 1.35 bits per heavy atom. The van der Waals surface area contributed by atoms with Crippen molar-refractivity contribution < 1.29 is 0 Å². The van der Waals surface area contributed by atoms with Crippen molar-refractivity contribution in [3.8, 4) is 11.1 Å². The van der Waals surface area contributed by atoms with Gasteiger partial charge in [-0.05, 0) is 61.4 Å². The molecule has 0 amide bonds. The fourth-order valence-electron chi connectivity index (χ4n) is 4.24. The van der Waals surface area contributed by atoms with E-state index in [0.717, 1.165) is 4.48 Å². The van der Waals surface area contributed by atoms with Gasteiger partial charge in [-0.2, -0.15) is 0 Å². The molecular formula is C25H28N+. The van der Waals surface area contributed by atoms with Crippen LogP contribution in [0.1, 0.15) is 29.5 Å². The third-order valence-corrected chi connectivity index (χ3v) is 5.84. The summed E-state index contributed by atoms with van der Waals surface area (Å²) in [7, 11) is 4.61. The monoisotopic (exact) mass is 342 g/mol. The molecule has 0 aliphatic heterocycles. The van der Waals surface area contributed by atoms with Crippen molar-refractivity contribution in [1.82, 2.24) is 4.48 Å². The van der Waals surface area contributed by atoms with E-state index in [1.165, 1.54) is 64.9 Å². The van der Waals surface area contributed by atoms with Crippen LogP contribution in [-0.4, -0.2) is 14.1 Å². The van der Waals surface area contributed by atoms with Crippen molar-refractivity contribution in [2.45, 2.75) is 32.6 Å². The molecule has 1 aliphatic carbocycles. The van der Waals surface area contributed by atoms with Gasteiger partial charge in [-0.1, -0.05) is 54.1 Å². The molecule has 3 aromatic rings. The number of nitrogens with zero attached hydrogens (tertiary/aromatic N) is 1. The van der Waals surface area contributed by atoms with Gasteiger partial charge < -0.3 is 0 Å². The second-order valence-electron chi connectivity index (χ2n) is 7.96. The highest BCUT2D eigenvalue weighted by Gasteiger charge is 2.29. The minimum Gasteiger partial charge on any atom is -0.263 e. The Balaban J connectivity index is 1.95. The fourth-order valence-corrected chi connectivity index (χ4v) is 4.24. The highest BCUT2D eigenvalue weighted by atomic mass is 15.3. The van der Waals surface area contributed by atoms with Gasteiger partial charge in [0.2, 0.25) is 0 Å². The summed E-state index contributed by atoms with van der Waals surface area (Å²) in [4.78, 5) is 0. The zero-order valence-corrected chi connectivity index (χ0v) is 16.1. The molecule has 0 bridgehead atoms. The van der Waals surface area contributed by atoms with Gasteiger partial charge in [0.05, 0.1) is 14.1 Å². The summed E-state index contributed by atoms with van der Waals surface area (Å²) in [5.74, 6) is 0. The molecule has 0 saturated heterocycles. The number of fused-ring (bicyclic) bond motifs is 3. The van der Waals surface area contributed by atoms with Crippen LogP contribution in [0.15, 0.2) is 66.7 Å². The molecule has 3 aromatic carbocycles. The van der Waals surface area contributed by atoms with Crippen molar-refractivity contribution in [3.63, 3.8) is 0 Å². The summed E-state index contributed by atoms with van der Waals surface area (Å²) in [5, 5.41) is 0. The highest BCUT2D eigenvalue weighted by Crippen LogP contribution is 2.43. The van der Waals surface area contributed by atoms with E-state index in [1.54, 1.807) is 0 Å². The van der Waals surface area contributed by atoms with Crippen LogP contribution in [0.3, 0.4) is 0 Å². The summed E-state index contributed by atoms with van der Waals surface area (Å²) >= 11 is 0. The predicted octanol–water partition coefficient (Wildman–Crippen LogP) is 6.44. The van der Waals surface area contributed by atoms with Crippen molar-refractivity contribution in [2.75, 3.05) is 14.1 Å². The van der Waals surface area contributed by atoms with Gasteiger partial charge in [-0.25, -0.2) is 0 Å². The molecule has 26 heavy (non-hydrogen) atoms. The van der Waals surface area contributed by atoms with Crippen LogP contribution in [0.5, 0.6) is 0 Å². The normalized spacial score (nSPS) is 14.1. The Morgan fingerprint density at radius 3 is 2.12 bits per heavy atom. The zero-order chi connectivity index (χ0) is 18.1. The van der Waals surface area contributed by atoms with E-state index in [4.69, 9.17) is 0 Å². The average molecular weight is 343 g/mol. The number of hydrogen-bond donors (Lipinski definition) is 0. The maximum atomic E-state index is 2.33. The maximum Gasteiger partial charge on any atom is 0.145 e. The van der Waals surface area contributed by atoms with E-state index in [-0.39, 0.29) is 0 Å². The summed E-state index contributed by atoms with van der Waals surface area (Å²) in [5.41, 5.74) is 9.88. The van der Waals surface area contributed by atoms with Gasteiger partial charge in [0.1, 0.15) is 11.4 Å². The van der Waals surface area contributed by atoms with Gasteiger partial charge in [0, 0.05) is 11.6 Å². The summed E-state index contributed by atoms with van der Waals surface area (Å²) in [6.07, 6.45) is 4.90. The van der Waals surface area contributed by atoms with Gasteiger partial charge in [0.25, 0.3) is 0 Å². The van der Waals surface area contributed by atoms with Crippen LogP contribution in [0.4, 0.5) is 11.4 Å². The lowest BCUT2D eigenvalue weighted by atomic mass is 9.86. The molecule has 0 heterocycles. The van der Waals surface area contributed by atoms with Gasteiger partial charge in [-0.15, -0.1) is 0 Å². The largest absolute Gasteiger partial charge is 0.263 e. The minimum absolute atomic E-state index is 0.762. The molecule has 0 saturated carbocycles. The van der Waals surface area contributed by atoms with Gasteiger partial charge >= 0.3 is 0 Å². The van der Waals surface area contributed by atoms with Crippen molar-refractivity contribution in [1.29, 1.82) is 0 Å². The molecule has 1 heteroatoms. The smallest absolute Gasteiger partial charge is 0.145 e. The van der Waals surface area contributed by atoms with E-state index >= 15 is 0 Å². The lowest BCUT2D eigenvalue weighted by Crippen LogP contribution is -2.35. The van der Waals surface area contributed by atoms with E-state index in [1.807, 2.05) is 0 Å². The SMILES string of the molecule is Cc1ccc([N+](C)(C)c2cccc3c2-c2ccccc2CCCC3)cc1. The molecule has 0 fully saturated rings. The average Bonchev–Trinajstić information content (AvgIpc) is 2.63. The third-order valence-electron chi connectivity index (χ3n) is 5.84. The summed E-state index contributed by atoms with van der Waals surface area (Å²) in [6, 6.07) is 24.9. The molecule has 0 radical (unpaired) electrons. The van der Waals surface area contributed by atoms with Crippen LogP contribution in [0.2, 0.25) is 0 Å². The first-order chi connectivity index (χ1) is 12.6. The zero-order valence-electron chi connectivity index (χ0n) is 16.1. The number of quaternary nitrogens is 1. The number of hydrogen-bond acceptors (Lipinski definition) is 0. The molecule has 1 aliphatic rings. The fraction of sp³-hybridized carbons (Fsp3) is 0.280. The standard InChI is InChI=1S/C25H28N/c1-19-15-17-22(18-16-19)26(2,3)24-14-8-12-21-11-5-4-9-20-10-6-7-13-23(20)25(21)24/h6-8,10,12-18H,4-5,9,11H2,1-3H3/q+1. The Labute approximate surface area is 157 Å². The Bertz CT molecular complexity index is 919. The maximum absolute atomic E-state index is 2.33. The molecule has 0 atom stereocenters. The van der Waals surface area contributed by atoms with Crippen LogP contribution >= 0.6 is 0 Å². The van der Waals surface area contributed by atoms with Gasteiger partial charge in [0.15, 0.2) is 0 Å². The van der Waals surface area contributed by atoms with Crippen LogP contribution in [0.25, 0.3) is 11.1 Å². The van der Waals surface area contributed by atoms with E-state index in [0.29, 0.717) is 0 Å². The molecule has 4 rings (SSSR count). The van der Waals surface area contributed by atoms with Crippen molar-refractivity contribution in [3.05, 3.63) is 83.4 Å². The van der Waals surface area contributed by atoms with Crippen LogP contribution < -0.4 is 4.48 Å². The first-order valence-electron chi connectivity index (χ1n) is 9.69. The first-order valence-corrected chi connectivity index (χ1v) is 9.69. The first kappa shape index (κ1) is 17.1. The van der Waals surface area contributed by atoms with Crippen molar-refractivity contribution in [2.24, 2.45) is 0 Å². The van der Waals surface area contributed by atoms with Crippen molar-refractivity contribution >= 4 is 11.4 Å². The Kier molecular flexibility index (Phi) is 4.42. The van der Waals surface area contributed by atoms with E-state index in [2.05, 4.69) is 87.7 Å². The molecule has 1 nitrogen and oxygen atoms in total. The molecule has 0 unspecified atom stereocenters. The molecule has 0 aromatic heterocycles. The van der Waals surface area contributed by atoms with E-state index < -0.39 is 0 Å². The second kappa shape index (κ2) is 6.74. The molecule has 0 spiro atoms. The topological polar surface area (TPSA) is 0 Å². The summed E-state index contributed by atoms with van der Waals surface area (Å²) < 4.78 is 0.762. The molecular weight excluding hydrogens is 314 g/mol. The molecule has 132 valence electrons. The molecule has 0 N–H and O–H groups in total. The van der Waals surface area contributed by atoms with Crippen LogP contribution in [-0.2, 0) is 12.8 Å². The van der Waals surface area contributed by atoms with Crippen LogP contribution in [0, 0.1) is 6.92 Å². The van der Waals surface area contributed by atoms with Gasteiger partial charge in [-0.3, -0.25) is 4.48 Å². The lowest BCUT2D eigenvalue weighted by Gasteiger charge is -2.32. The quantitative estimate of drug-likeness (QED) is 0.470. The number of benzene rings is 3. The number of aryl methyl sites for hydroxylation is 3.